The first-order chi connectivity index (χ1) is 11.3. The van der Waals surface area contributed by atoms with Crippen LogP contribution >= 0.6 is 0 Å². The second-order valence-electron chi connectivity index (χ2n) is 6.01. The second-order valence-corrected chi connectivity index (χ2v) is 6.01. The molecule has 1 aliphatic rings. The van der Waals surface area contributed by atoms with Gasteiger partial charge >= 0.3 is 11.8 Å². The molecule has 1 aliphatic heterocycles. The van der Waals surface area contributed by atoms with Gasteiger partial charge in [-0.05, 0) is 24.7 Å². The van der Waals surface area contributed by atoms with Crippen molar-refractivity contribution in [3.8, 4) is 0 Å². The number of halogens is 3. The third kappa shape index (κ3) is 3.69. The third-order valence-corrected chi connectivity index (χ3v) is 4.63. The van der Waals surface area contributed by atoms with Gasteiger partial charge in [0.2, 0.25) is 0 Å². The molecule has 2 N–H and O–H groups in total. The lowest BCUT2D eigenvalue weighted by Gasteiger charge is -2.39. The summed E-state index contributed by atoms with van der Waals surface area (Å²) in [7, 11) is 0. The highest BCUT2D eigenvalue weighted by atomic mass is 19.2. The van der Waals surface area contributed by atoms with Gasteiger partial charge in [-0.1, -0.05) is 6.92 Å². The Hall–Kier alpha value is -2.09. The van der Waals surface area contributed by atoms with Crippen molar-refractivity contribution < 1.29 is 27.9 Å². The summed E-state index contributed by atoms with van der Waals surface area (Å²) >= 11 is 0. The minimum atomic E-state index is -1.64. The molecule has 0 spiro atoms. The summed E-state index contributed by atoms with van der Waals surface area (Å²) in [5.41, 5.74) is -0.573. The normalized spacial score (nSPS) is 16.8. The molecule has 0 bridgehead atoms. The molecule has 1 fully saturated rings. The van der Waals surface area contributed by atoms with Gasteiger partial charge in [0.05, 0.1) is 0 Å². The predicted molar refractivity (Wildman–Crippen MR) is 80.6 cm³/mol. The van der Waals surface area contributed by atoms with E-state index < -0.39 is 29.3 Å². The van der Waals surface area contributed by atoms with Crippen LogP contribution in [0.1, 0.15) is 26.2 Å². The van der Waals surface area contributed by atoms with Gasteiger partial charge in [-0.2, -0.15) is 0 Å². The van der Waals surface area contributed by atoms with Gasteiger partial charge in [0.15, 0.2) is 17.5 Å². The molecule has 0 saturated carbocycles. The third-order valence-electron chi connectivity index (χ3n) is 4.63. The van der Waals surface area contributed by atoms with Gasteiger partial charge in [-0.3, -0.25) is 9.59 Å². The van der Waals surface area contributed by atoms with Gasteiger partial charge < -0.3 is 15.3 Å². The van der Waals surface area contributed by atoms with Crippen molar-refractivity contribution in [3.63, 3.8) is 0 Å². The Balaban J connectivity index is 2.00. The highest BCUT2D eigenvalue weighted by Gasteiger charge is 2.35. The average Bonchev–Trinajstić information content (AvgIpc) is 2.59. The van der Waals surface area contributed by atoms with Crippen molar-refractivity contribution >= 4 is 17.5 Å². The van der Waals surface area contributed by atoms with Gasteiger partial charge in [0, 0.05) is 37.5 Å². The first-order valence-corrected chi connectivity index (χ1v) is 7.67. The van der Waals surface area contributed by atoms with E-state index in [4.69, 9.17) is 0 Å². The number of benzene rings is 1. The second kappa shape index (κ2) is 7.21. The van der Waals surface area contributed by atoms with Crippen LogP contribution in [0.2, 0.25) is 0 Å². The topological polar surface area (TPSA) is 69.6 Å². The molecule has 0 atom stereocenters. The van der Waals surface area contributed by atoms with Crippen LogP contribution in [-0.2, 0) is 9.59 Å². The fraction of sp³-hybridized carbons (Fsp3) is 0.500. The number of carbonyl (C=O) groups is 2. The Kier molecular flexibility index (Phi) is 5.48. The summed E-state index contributed by atoms with van der Waals surface area (Å²) < 4.78 is 39.1. The summed E-state index contributed by atoms with van der Waals surface area (Å²) in [4.78, 5) is 25.4. The lowest BCUT2D eigenvalue weighted by atomic mass is 9.77. The minimum absolute atomic E-state index is 0.0197. The van der Waals surface area contributed by atoms with Crippen molar-refractivity contribution in [2.24, 2.45) is 5.41 Å². The van der Waals surface area contributed by atoms with Crippen LogP contribution in [0.5, 0.6) is 0 Å². The standard InChI is InChI=1S/C16H19F3N2O3/c1-2-16(9-22)3-5-21(6-4-16)15(24)14(23)20-10-7-11(17)13(19)12(18)8-10/h7-8,22H,2-6,9H2,1H3,(H,20,23). The number of hydrogen-bond acceptors (Lipinski definition) is 3. The van der Waals surface area contributed by atoms with Gasteiger partial charge in [0.25, 0.3) is 0 Å². The van der Waals surface area contributed by atoms with E-state index in [1.54, 1.807) is 0 Å². The molecule has 1 aromatic rings. The maximum atomic E-state index is 13.1. The molecule has 1 aromatic carbocycles. The molecule has 1 saturated heterocycles. The number of hydrogen-bond donors (Lipinski definition) is 2. The molecule has 1 heterocycles. The number of nitrogens with zero attached hydrogens (tertiary/aromatic N) is 1. The summed E-state index contributed by atoms with van der Waals surface area (Å²) in [6.45, 7) is 2.60. The summed E-state index contributed by atoms with van der Waals surface area (Å²) in [5, 5.41) is 11.5. The molecule has 8 heteroatoms. The molecule has 24 heavy (non-hydrogen) atoms. The highest BCUT2D eigenvalue weighted by molar-refractivity contribution is 6.39. The van der Waals surface area contributed by atoms with Crippen molar-refractivity contribution in [1.29, 1.82) is 0 Å². The molecule has 2 rings (SSSR count). The van der Waals surface area contributed by atoms with Crippen molar-refractivity contribution in [3.05, 3.63) is 29.6 Å². The first-order valence-electron chi connectivity index (χ1n) is 7.67. The lowest BCUT2D eigenvalue weighted by Crippen LogP contribution is -2.48. The maximum Gasteiger partial charge on any atom is 0.313 e. The number of carbonyl (C=O) groups excluding carboxylic acids is 2. The largest absolute Gasteiger partial charge is 0.396 e. The van der Waals surface area contributed by atoms with E-state index in [-0.39, 0.29) is 17.7 Å². The number of aliphatic hydroxyl groups excluding tert-OH is 1. The zero-order valence-corrected chi connectivity index (χ0v) is 13.2. The maximum absolute atomic E-state index is 13.1. The van der Waals surface area contributed by atoms with Crippen LogP contribution in [-0.4, -0.2) is 41.5 Å². The molecule has 2 amide bonds. The minimum Gasteiger partial charge on any atom is -0.396 e. The smallest absolute Gasteiger partial charge is 0.313 e. The molecular formula is C16H19F3N2O3. The molecule has 0 radical (unpaired) electrons. The van der Waals surface area contributed by atoms with Gasteiger partial charge in [0.1, 0.15) is 0 Å². The lowest BCUT2D eigenvalue weighted by molar-refractivity contribution is -0.145. The summed E-state index contributed by atoms with van der Waals surface area (Å²) in [5.74, 6) is -6.43. The summed E-state index contributed by atoms with van der Waals surface area (Å²) in [6.07, 6.45) is 1.91. The summed E-state index contributed by atoms with van der Waals surface area (Å²) in [6, 6.07) is 1.21. The van der Waals surface area contributed by atoms with E-state index in [2.05, 4.69) is 5.32 Å². The fourth-order valence-corrected chi connectivity index (χ4v) is 2.76. The van der Waals surface area contributed by atoms with E-state index in [1.165, 1.54) is 4.90 Å². The Labute approximate surface area is 137 Å². The number of anilines is 1. The van der Waals surface area contributed by atoms with Crippen LogP contribution in [0.25, 0.3) is 0 Å². The SMILES string of the molecule is CCC1(CO)CCN(C(=O)C(=O)Nc2cc(F)c(F)c(F)c2)CC1. The van der Waals surface area contributed by atoms with Crippen LogP contribution in [0.15, 0.2) is 12.1 Å². The van der Waals surface area contributed by atoms with Gasteiger partial charge in [-0.15, -0.1) is 0 Å². The van der Waals surface area contributed by atoms with Crippen LogP contribution in [0, 0.1) is 22.9 Å². The van der Waals surface area contributed by atoms with Gasteiger partial charge in [-0.25, -0.2) is 13.2 Å². The van der Waals surface area contributed by atoms with Crippen molar-refractivity contribution in [2.75, 3.05) is 25.0 Å². The average molecular weight is 344 g/mol. The Morgan fingerprint density at radius 2 is 1.75 bits per heavy atom. The fourth-order valence-electron chi connectivity index (χ4n) is 2.76. The number of aliphatic hydroxyl groups is 1. The zero-order chi connectivity index (χ0) is 17.9. The quantitative estimate of drug-likeness (QED) is 0.651. The molecule has 0 unspecified atom stereocenters. The van der Waals surface area contributed by atoms with Crippen molar-refractivity contribution in [1.82, 2.24) is 4.90 Å². The van der Waals surface area contributed by atoms with Crippen LogP contribution in [0.4, 0.5) is 18.9 Å². The molecule has 5 nitrogen and oxygen atoms in total. The highest BCUT2D eigenvalue weighted by Crippen LogP contribution is 2.34. The van der Waals surface area contributed by atoms with Crippen LogP contribution in [0.3, 0.4) is 0 Å². The molecule has 132 valence electrons. The van der Waals surface area contributed by atoms with E-state index in [0.717, 1.165) is 6.42 Å². The van der Waals surface area contributed by atoms with Crippen molar-refractivity contribution in [2.45, 2.75) is 26.2 Å². The van der Waals surface area contributed by atoms with E-state index in [9.17, 15) is 27.9 Å². The Morgan fingerprint density at radius 1 is 1.21 bits per heavy atom. The van der Waals surface area contributed by atoms with E-state index in [1.807, 2.05) is 6.92 Å². The number of nitrogens with one attached hydrogen (secondary N) is 1. The number of likely N-dealkylation sites (tertiary alicyclic amines) is 1. The van der Waals surface area contributed by atoms with Crippen LogP contribution < -0.4 is 5.32 Å². The van der Waals surface area contributed by atoms with E-state index in [0.29, 0.717) is 38.1 Å². The molecular weight excluding hydrogens is 325 g/mol. The monoisotopic (exact) mass is 344 g/mol. The first kappa shape index (κ1) is 18.3. The zero-order valence-electron chi connectivity index (χ0n) is 13.2. The number of amides is 2. The Bertz CT molecular complexity index is 614. The predicted octanol–water partition coefficient (Wildman–Crippen LogP) is 2.05. The number of piperidine rings is 1. The number of rotatable bonds is 3. The van der Waals surface area contributed by atoms with E-state index >= 15 is 0 Å². The Morgan fingerprint density at radius 3 is 2.21 bits per heavy atom. The molecule has 0 aliphatic carbocycles. The molecule has 0 aromatic heterocycles.